The van der Waals surface area contributed by atoms with E-state index < -0.39 is 21.6 Å². The molecule has 1 aromatic heterocycles. The van der Waals surface area contributed by atoms with Gasteiger partial charge in [0.25, 0.3) is 0 Å². The summed E-state index contributed by atoms with van der Waals surface area (Å²) < 4.78 is 41.3. The zero-order chi connectivity index (χ0) is 22.2. The number of hydrogen-bond acceptors (Lipinski definition) is 4. The number of aromatic nitrogens is 2. The van der Waals surface area contributed by atoms with Gasteiger partial charge in [-0.05, 0) is 80.6 Å². The summed E-state index contributed by atoms with van der Waals surface area (Å²) in [5, 5.41) is 6.84. The van der Waals surface area contributed by atoms with Crippen molar-refractivity contribution < 1.29 is 17.6 Å². The summed E-state index contributed by atoms with van der Waals surface area (Å²) in [5.41, 5.74) is 4.39. The normalized spacial score (nSPS) is 13.3. The molecule has 6 nitrogen and oxygen atoms in total. The maximum Gasteiger partial charge on any atom is 0.225 e. The SMILES string of the molecule is Cc1cc(C)n(-c2ccc(NC(=O)CCS(=O)(=O)c3ccc4c(c3)CCC4)cc2F)n1. The number of aryl methyl sites for hydroxylation is 4. The number of amides is 1. The van der Waals surface area contributed by atoms with Crippen LogP contribution >= 0.6 is 0 Å². The second kappa shape index (κ2) is 8.26. The Morgan fingerprint density at radius 1 is 1.10 bits per heavy atom. The molecule has 0 radical (unpaired) electrons. The highest BCUT2D eigenvalue weighted by molar-refractivity contribution is 7.91. The van der Waals surface area contributed by atoms with Crippen LogP contribution in [0.15, 0.2) is 47.4 Å². The number of benzene rings is 2. The van der Waals surface area contributed by atoms with E-state index in [1.165, 1.54) is 22.4 Å². The van der Waals surface area contributed by atoms with E-state index in [-0.39, 0.29) is 28.4 Å². The number of carbonyl (C=O) groups excluding carboxylic acids is 1. The molecule has 0 fully saturated rings. The Labute approximate surface area is 181 Å². The minimum Gasteiger partial charge on any atom is -0.326 e. The Hall–Kier alpha value is -3.00. The smallest absolute Gasteiger partial charge is 0.225 e. The van der Waals surface area contributed by atoms with Gasteiger partial charge in [0, 0.05) is 17.8 Å². The summed E-state index contributed by atoms with van der Waals surface area (Å²) >= 11 is 0. The number of nitrogens with one attached hydrogen (secondary N) is 1. The molecule has 1 heterocycles. The van der Waals surface area contributed by atoms with E-state index in [1.54, 1.807) is 18.2 Å². The highest BCUT2D eigenvalue weighted by atomic mass is 32.2. The number of rotatable bonds is 6. The molecule has 0 saturated heterocycles. The summed E-state index contributed by atoms with van der Waals surface area (Å²) in [7, 11) is -3.57. The van der Waals surface area contributed by atoms with Crippen LogP contribution in [0, 0.1) is 19.7 Å². The summed E-state index contributed by atoms with van der Waals surface area (Å²) in [6.07, 6.45) is 2.70. The first-order valence-electron chi connectivity index (χ1n) is 10.2. The Balaban J connectivity index is 1.41. The molecule has 0 atom stereocenters. The second-order valence-corrected chi connectivity index (χ2v) is 10.0. The van der Waals surface area contributed by atoms with E-state index in [9.17, 15) is 17.6 Å². The number of anilines is 1. The molecule has 1 N–H and O–H groups in total. The van der Waals surface area contributed by atoms with Gasteiger partial charge >= 0.3 is 0 Å². The van der Waals surface area contributed by atoms with Gasteiger partial charge in [-0.25, -0.2) is 17.5 Å². The fourth-order valence-electron chi connectivity index (χ4n) is 3.94. The molecule has 0 aliphatic heterocycles. The van der Waals surface area contributed by atoms with Crippen molar-refractivity contribution in [2.75, 3.05) is 11.1 Å². The van der Waals surface area contributed by atoms with Crippen LogP contribution in [0.25, 0.3) is 5.69 Å². The molecule has 2 aromatic carbocycles. The molecule has 0 spiro atoms. The minimum atomic E-state index is -3.57. The zero-order valence-corrected chi connectivity index (χ0v) is 18.3. The van der Waals surface area contributed by atoms with Gasteiger partial charge in [0.2, 0.25) is 5.91 Å². The Bertz CT molecular complexity index is 1270. The lowest BCUT2D eigenvalue weighted by molar-refractivity contribution is -0.115. The highest BCUT2D eigenvalue weighted by Gasteiger charge is 2.20. The van der Waals surface area contributed by atoms with E-state index in [0.29, 0.717) is 0 Å². The Kier molecular flexibility index (Phi) is 5.66. The monoisotopic (exact) mass is 441 g/mol. The topological polar surface area (TPSA) is 81.1 Å². The molecule has 31 heavy (non-hydrogen) atoms. The highest BCUT2D eigenvalue weighted by Crippen LogP contribution is 2.25. The number of hydrogen-bond donors (Lipinski definition) is 1. The third kappa shape index (κ3) is 4.54. The quantitative estimate of drug-likeness (QED) is 0.629. The molecule has 162 valence electrons. The molecule has 1 aliphatic carbocycles. The maximum absolute atomic E-state index is 14.6. The number of fused-ring (bicyclic) bond motifs is 1. The van der Waals surface area contributed by atoms with Crippen LogP contribution in [0.2, 0.25) is 0 Å². The third-order valence-corrected chi connectivity index (χ3v) is 7.21. The first kappa shape index (κ1) is 21.2. The molecule has 8 heteroatoms. The summed E-state index contributed by atoms with van der Waals surface area (Å²) in [5.74, 6) is -1.32. The molecule has 1 aliphatic rings. The molecule has 0 bridgehead atoms. The van der Waals surface area contributed by atoms with Crippen molar-refractivity contribution in [3.8, 4) is 5.69 Å². The van der Waals surface area contributed by atoms with E-state index >= 15 is 0 Å². The van der Waals surface area contributed by atoms with Crippen LogP contribution in [-0.2, 0) is 27.5 Å². The van der Waals surface area contributed by atoms with E-state index in [2.05, 4.69) is 10.4 Å². The lowest BCUT2D eigenvalue weighted by atomic mass is 10.1. The Morgan fingerprint density at radius 3 is 2.58 bits per heavy atom. The average molecular weight is 442 g/mol. The lowest BCUT2D eigenvalue weighted by Gasteiger charge is -2.10. The number of nitrogens with zero attached hydrogens (tertiary/aromatic N) is 2. The van der Waals surface area contributed by atoms with Crippen molar-refractivity contribution in [1.82, 2.24) is 9.78 Å². The van der Waals surface area contributed by atoms with Crippen molar-refractivity contribution in [2.24, 2.45) is 0 Å². The first-order chi connectivity index (χ1) is 14.7. The summed E-state index contributed by atoms with van der Waals surface area (Å²) in [6, 6.07) is 11.4. The molecule has 3 aromatic rings. The molecule has 4 rings (SSSR count). The number of halogens is 1. The van der Waals surface area contributed by atoms with Crippen molar-refractivity contribution in [3.63, 3.8) is 0 Å². The minimum absolute atomic E-state index is 0.208. The van der Waals surface area contributed by atoms with Crippen LogP contribution < -0.4 is 5.32 Å². The van der Waals surface area contributed by atoms with Gasteiger partial charge in [-0.1, -0.05) is 6.07 Å². The molecule has 0 unspecified atom stereocenters. The van der Waals surface area contributed by atoms with Crippen LogP contribution in [0.5, 0.6) is 0 Å². The maximum atomic E-state index is 14.6. The van der Waals surface area contributed by atoms with Gasteiger partial charge in [-0.2, -0.15) is 5.10 Å². The van der Waals surface area contributed by atoms with E-state index in [0.717, 1.165) is 36.2 Å². The third-order valence-electron chi connectivity index (χ3n) is 5.50. The van der Waals surface area contributed by atoms with E-state index in [1.807, 2.05) is 26.0 Å². The van der Waals surface area contributed by atoms with Crippen LogP contribution in [0.4, 0.5) is 10.1 Å². The lowest BCUT2D eigenvalue weighted by Crippen LogP contribution is -2.18. The van der Waals surface area contributed by atoms with Gasteiger partial charge in [-0.15, -0.1) is 0 Å². The first-order valence-corrected chi connectivity index (χ1v) is 11.9. The number of sulfone groups is 1. The van der Waals surface area contributed by atoms with Gasteiger partial charge < -0.3 is 5.32 Å². The van der Waals surface area contributed by atoms with Gasteiger partial charge in [0.15, 0.2) is 15.7 Å². The van der Waals surface area contributed by atoms with Crippen LogP contribution in [0.3, 0.4) is 0 Å². The molecule has 0 saturated carbocycles. The second-order valence-electron chi connectivity index (χ2n) is 7.91. The van der Waals surface area contributed by atoms with Crippen LogP contribution in [-0.4, -0.2) is 29.9 Å². The largest absolute Gasteiger partial charge is 0.326 e. The van der Waals surface area contributed by atoms with Crippen LogP contribution in [0.1, 0.15) is 35.4 Å². The summed E-state index contributed by atoms with van der Waals surface area (Å²) in [6.45, 7) is 3.66. The Morgan fingerprint density at radius 2 is 1.87 bits per heavy atom. The van der Waals surface area contributed by atoms with Crippen molar-refractivity contribution in [2.45, 2.75) is 44.4 Å². The predicted octanol–water partition coefficient (Wildman–Crippen LogP) is 3.92. The number of carbonyl (C=O) groups is 1. The standard InChI is InChI=1S/C23H24FN3O3S/c1-15-12-16(2)27(26-15)22-9-7-19(14-21(22)24)25-23(28)10-11-31(29,30)20-8-6-17-4-3-5-18(17)13-20/h6-9,12-14H,3-5,10-11H2,1-2H3,(H,25,28). The van der Waals surface area contributed by atoms with Gasteiger partial charge in [0.05, 0.1) is 16.3 Å². The van der Waals surface area contributed by atoms with Crippen molar-refractivity contribution in [1.29, 1.82) is 0 Å². The zero-order valence-electron chi connectivity index (χ0n) is 17.5. The van der Waals surface area contributed by atoms with E-state index in [4.69, 9.17) is 0 Å². The average Bonchev–Trinajstić information content (AvgIpc) is 3.31. The molecule has 1 amide bonds. The van der Waals surface area contributed by atoms with Gasteiger partial charge in [0.1, 0.15) is 5.69 Å². The fourth-order valence-corrected chi connectivity index (χ4v) is 5.23. The molecular formula is C23H24FN3O3S. The summed E-state index contributed by atoms with van der Waals surface area (Å²) in [4.78, 5) is 12.5. The van der Waals surface area contributed by atoms with Gasteiger partial charge in [-0.3, -0.25) is 4.79 Å². The molecular weight excluding hydrogens is 417 g/mol. The van der Waals surface area contributed by atoms with Crippen molar-refractivity contribution >= 4 is 21.4 Å². The predicted molar refractivity (Wildman–Crippen MR) is 117 cm³/mol. The van der Waals surface area contributed by atoms with Crippen molar-refractivity contribution in [3.05, 3.63) is 70.8 Å². The fraction of sp³-hybridized carbons (Fsp3) is 0.304.